The minimum absolute atomic E-state index is 0. The normalized spacial score (nSPS) is 45.6. The summed E-state index contributed by atoms with van der Waals surface area (Å²) in [5.41, 5.74) is 0.731. The van der Waals surface area contributed by atoms with Crippen LogP contribution in [-0.4, -0.2) is 0 Å². The van der Waals surface area contributed by atoms with E-state index in [1.54, 1.807) is 0 Å². The van der Waals surface area contributed by atoms with Gasteiger partial charge in [-0.3, -0.25) is 0 Å². The molecule has 0 aliphatic heterocycles. The van der Waals surface area contributed by atoms with Crippen molar-refractivity contribution in [2.24, 2.45) is 11.3 Å². The van der Waals surface area contributed by atoms with Gasteiger partial charge < -0.3 is 5.92 Å². The summed E-state index contributed by atoms with van der Waals surface area (Å²) in [5.74, 6) is 2.81. The van der Waals surface area contributed by atoms with Gasteiger partial charge in [0.1, 0.15) is 0 Å². The Morgan fingerprint density at radius 2 is 1.80 bits per heavy atom. The fourth-order valence-electron chi connectivity index (χ4n) is 2.50. The molecule has 1 atom stereocenters. The first-order chi connectivity index (χ1) is 4.22. The Morgan fingerprint density at radius 3 is 1.90 bits per heavy atom. The molecule has 0 heterocycles. The van der Waals surface area contributed by atoms with E-state index in [0.717, 1.165) is 11.3 Å². The average Bonchev–Trinajstić information content (AvgIpc) is 2.24. The molecule has 52 valence electrons. The molecular weight excluding hydrogens is 197 g/mol. The van der Waals surface area contributed by atoms with Gasteiger partial charge in [0.05, 0.1) is 0 Å². The summed E-state index contributed by atoms with van der Waals surface area (Å²) in [4.78, 5) is 0. The van der Waals surface area contributed by atoms with Crippen LogP contribution in [0.5, 0.6) is 0 Å². The maximum absolute atomic E-state index is 2.46. The number of hydrogen-bond acceptors (Lipinski definition) is 0. The summed E-state index contributed by atoms with van der Waals surface area (Å²) >= 11 is 0. The summed E-state index contributed by atoms with van der Waals surface area (Å²) in [6, 6.07) is 0. The molecular formula is C9H15Y+2. The number of rotatable bonds is 0. The Bertz CT molecular complexity index is 123. The van der Waals surface area contributed by atoms with Crippen LogP contribution in [0.4, 0.5) is 0 Å². The van der Waals surface area contributed by atoms with Crippen LogP contribution < -0.4 is 0 Å². The van der Waals surface area contributed by atoms with E-state index in [0.29, 0.717) is 0 Å². The summed E-state index contributed by atoms with van der Waals surface area (Å²) in [5, 5.41) is 0. The van der Waals surface area contributed by atoms with Crippen molar-refractivity contribution in [2.45, 2.75) is 39.5 Å². The van der Waals surface area contributed by atoms with Crippen molar-refractivity contribution in [2.75, 3.05) is 0 Å². The predicted octanol–water partition coefficient (Wildman–Crippen LogP) is 2.79. The number of fused-ring (bicyclic) bond motifs is 2. The van der Waals surface area contributed by atoms with Gasteiger partial charge in [-0.15, -0.1) is 0 Å². The molecule has 1 unspecified atom stereocenters. The third kappa shape index (κ3) is 1.12. The smallest absolute Gasteiger partial charge is 0.310 e. The second-order valence-electron chi connectivity index (χ2n) is 4.03. The molecule has 0 aromatic carbocycles. The third-order valence-electron chi connectivity index (χ3n) is 3.69. The molecule has 0 nitrogen and oxygen atoms in total. The molecule has 2 saturated carbocycles. The first-order valence-corrected chi connectivity index (χ1v) is 4.07. The van der Waals surface area contributed by atoms with Crippen molar-refractivity contribution >= 4 is 0 Å². The quantitative estimate of drug-likeness (QED) is 0.541. The van der Waals surface area contributed by atoms with Crippen LogP contribution in [0.1, 0.15) is 39.5 Å². The number of hydrogen-bond donors (Lipinski definition) is 0. The van der Waals surface area contributed by atoms with E-state index < -0.39 is 0 Å². The predicted molar refractivity (Wildman–Crippen MR) is 39.0 cm³/mol. The summed E-state index contributed by atoms with van der Waals surface area (Å²) in [7, 11) is 0. The SMILES string of the molecule is CC1[C-]2CCC1(C)CC2.[Y+3]. The van der Waals surface area contributed by atoms with Gasteiger partial charge in [-0.25, -0.2) is 0 Å². The minimum atomic E-state index is 0. The van der Waals surface area contributed by atoms with Crippen LogP contribution in [0, 0.1) is 17.3 Å². The molecule has 0 radical (unpaired) electrons. The topological polar surface area (TPSA) is 0 Å². The Morgan fingerprint density at radius 1 is 1.30 bits per heavy atom. The molecule has 0 N–H and O–H groups in total. The Balaban J connectivity index is 0.000000500. The van der Waals surface area contributed by atoms with Crippen molar-refractivity contribution in [3.63, 3.8) is 0 Å². The summed E-state index contributed by atoms with van der Waals surface area (Å²) in [6.07, 6.45) is 5.84. The van der Waals surface area contributed by atoms with Gasteiger partial charge in [-0.2, -0.15) is 18.8 Å². The molecule has 1 heteroatoms. The second-order valence-corrected chi connectivity index (χ2v) is 4.03. The fourth-order valence-corrected chi connectivity index (χ4v) is 2.50. The average molecular weight is 212 g/mol. The maximum atomic E-state index is 2.46. The van der Waals surface area contributed by atoms with E-state index in [-0.39, 0.29) is 32.7 Å². The third-order valence-corrected chi connectivity index (χ3v) is 3.69. The van der Waals surface area contributed by atoms with E-state index in [9.17, 15) is 0 Å². The van der Waals surface area contributed by atoms with Gasteiger partial charge >= 0.3 is 32.7 Å². The van der Waals surface area contributed by atoms with Gasteiger partial charge in [0.15, 0.2) is 0 Å². The van der Waals surface area contributed by atoms with Gasteiger partial charge in [0.2, 0.25) is 0 Å². The fraction of sp³-hybridized carbons (Fsp3) is 0.889. The monoisotopic (exact) mass is 212 g/mol. The maximum Gasteiger partial charge on any atom is 3.00 e. The molecule has 2 bridgehead atoms. The van der Waals surface area contributed by atoms with E-state index in [1.807, 2.05) is 5.92 Å². The minimum Gasteiger partial charge on any atom is -0.310 e. The van der Waals surface area contributed by atoms with Crippen molar-refractivity contribution in [1.29, 1.82) is 0 Å². The Kier molecular flexibility index (Phi) is 2.63. The first kappa shape index (κ1) is 9.19. The first-order valence-electron chi connectivity index (χ1n) is 4.07. The van der Waals surface area contributed by atoms with E-state index in [4.69, 9.17) is 0 Å². The summed E-state index contributed by atoms with van der Waals surface area (Å²) < 4.78 is 0. The van der Waals surface area contributed by atoms with Crippen molar-refractivity contribution < 1.29 is 32.7 Å². The van der Waals surface area contributed by atoms with Crippen molar-refractivity contribution in [3.8, 4) is 0 Å². The van der Waals surface area contributed by atoms with Gasteiger partial charge in [-0.05, 0) is 0 Å². The molecule has 2 aliphatic carbocycles. The second kappa shape index (κ2) is 2.86. The molecule has 0 aromatic heterocycles. The van der Waals surface area contributed by atoms with Crippen molar-refractivity contribution in [3.05, 3.63) is 5.92 Å². The van der Waals surface area contributed by atoms with Crippen LogP contribution in [0.3, 0.4) is 0 Å². The molecule has 10 heavy (non-hydrogen) atoms. The van der Waals surface area contributed by atoms with Gasteiger partial charge in [0.25, 0.3) is 0 Å². The Hall–Kier alpha value is 1.10. The van der Waals surface area contributed by atoms with Gasteiger partial charge in [-0.1, -0.05) is 32.1 Å². The van der Waals surface area contributed by atoms with Crippen LogP contribution in [0.25, 0.3) is 0 Å². The van der Waals surface area contributed by atoms with E-state index in [2.05, 4.69) is 13.8 Å². The molecule has 0 saturated heterocycles. The zero-order valence-electron chi connectivity index (χ0n) is 6.98. The zero-order chi connectivity index (χ0) is 6.48. The van der Waals surface area contributed by atoms with Crippen molar-refractivity contribution in [1.82, 2.24) is 0 Å². The Labute approximate surface area is 89.0 Å². The van der Waals surface area contributed by atoms with Gasteiger partial charge in [0, 0.05) is 0 Å². The van der Waals surface area contributed by atoms with Crippen LogP contribution >= 0.6 is 0 Å². The van der Waals surface area contributed by atoms with E-state index in [1.165, 1.54) is 25.7 Å². The van der Waals surface area contributed by atoms with Crippen LogP contribution in [-0.2, 0) is 32.7 Å². The molecule has 2 fully saturated rings. The molecule has 0 aromatic rings. The molecule has 0 spiro atoms. The van der Waals surface area contributed by atoms with Crippen LogP contribution in [0.15, 0.2) is 0 Å². The molecule has 2 rings (SSSR count). The standard InChI is InChI=1S/C9H15.Y/c1-7-8-3-5-9(7,2)6-4-8;/h7H,3-6H2,1-2H3;/q-1;+3. The van der Waals surface area contributed by atoms with Crippen LogP contribution in [0.2, 0.25) is 0 Å². The largest absolute Gasteiger partial charge is 3.00 e. The summed E-state index contributed by atoms with van der Waals surface area (Å²) in [6.45, 7) is 4.87. The zero-order valence-corrected chi connectivity index (χ0v) is 9.82. The molecule has 2 aliphatic rings. The van der Waals surface area contributed by atoms with E-state index >= 15 is 0 Å². The molecule has 0 amide bonds.